The lowest BCUT2D eigenvalue weighted by Crippen LogP contribution is -2.65. The van der Waals surface area contributed by atoms with Crippen molar-refractivity contribution >= 4 is 5.91 Å². The van der Waals surface area contributed by atoms with Crippen LogP contribution in [0.25, 0.3) is 0 Å². The van der Waals surface area contributed by atoms with Crippen molar-refractivity contribution in [2.45, 2.75) is 460 Å². The summed E-state index contributed by atoms with van der Waals surface area (Å²) in [6, 6.07) is -0.831. The minimum Gasteiger partial charge on any atom is -0.394 e. The van der Waals surface area contributed by atoms with Gasteiger partial charge in [-0.15, -0.1) is 0 Å². The van der Waals surface area contributed by atoms with Crippen LogP contribution in [0.15, 0.2) is 36.5 Å². The van der Waals surface area contributed by atoms with E-state index in [1.54, 1.807) is 0 Å². The molecule has 2 rings (SSSR count). The lowest BCUT2D eigenvalue weighted by Gasteiger charge is -2.46. The van der Waals surface area contributed by atoms with Crippen LogP contribution < -0.4 is 5.32 Å². The van der Waals surface area contributed by atoms with Crippen LogP contribution >= 0.6 is 0 Å². The molecule has 0 aromatic heterocycles. The number of aliphatic hydroxyl groups excluding tert-OH is 8. The molecule has 1 amide bonds. The topological polar surface area (TPSA) is 228 Å². The van der Waals surface area contributed by atoms with Gasteiger partial charge in [-0.3, -0.25) is 4.79 Å². The number of carbonyl (C=O) groups excluding carboxylic acids is 1. The third kappa shape index (κ3) is 48.9. The first-order valence-corrected chi connectivity index (χ1v) is 41.2. The summed E-state index contributed by atoms with van der Waals surface area (Å²) in [4.78, 5) is 13.4. The smallest absolute Gasteiger partial charge is 0.220 e. The summed E-state index contributed by atoms with van der Waals surface area (Å²) < 4.78 is 23.0. The number of amides is 1. The Morgan fingerprint density at radius 2 is 0.688 bits per heavy atom. The number of hydrogen-bond donors (Lipinski definition) is 9. The lowest BCUT2D eigenvalue weighted by atomic mass is 9.97. The summed E-state index contributed by atoms with van der Waals surface area (Å²) in [5, 5.41) is 87.9. The van der Waals surface area contributed by atoms with Gasteiger partial charge in [-0.1, -0.05) is 365 Å². The summed E-state index contributed by atoms with van der Waals surface area (Å²) in [6.45, 7) is 2.92. The van der Waals surface area contributed by atoms with Crippen LogP contribution in [0.5, 0.6) is 0 Å². The van der Waals surface area contributed by atoms with Crippen LogP contribution in [-0.4, -0.2) is 140 Å². The summed E-state index contributed by atoms with van der Waals surface area (Å²) >= 11 is 0. The molecule has 0 saturated carbocycles. The van der Waals surface area contributed by atoms with Crippen LogP contribution in [0.4, 0.5) is 0 Å². The van der Waals surface area contributed by atoms with Crippen LogP contribution in [0.2, 0.25) is 0 Å². The number of nitrogens with one attached hydrogen (secondary N) is 1. The van der Waals surface area contributed by atoms with Gasteiger partial charge in [0.2, 0.25) is 5.91 Å². The second-order valence-electron chi connectivity index (χ2n) is 29.3. The van der Waals surface area contributed by atoms with Crippen molar-refractivity contribution in [2.75, 3.05) is 19.8 Å². The Hall–Kier alpha value is -1.79. The van der Waals surface area contributed by atoms with Crippen molar-refractivity contribution in [1.29, 1.82) is 0 Å². The molecular weight excluding hydrogens is 1210 g/mol. The fourth-order valence-corrected chi connectivity index (χ4v) is 13.8. The summed E-state index contributed by atoms with van der Waals surface area (Å²) in [7, 11) is 0. The molecule has 0 spiro atoms. The minimum absolute atomic E-state index is 0.201. The molecule has 2 aliphatic rings. The maximum atomic E-state index is 13.4. The first-order chi connectivity index (χ1) is 47.1. The monoisotopic (exact) mass is 1360 g/mol. The van der Waals surface area contributed by atoms with E-state index in [2.05, 4.69) is 55.6 Å². The Kier molecular flexibility index (Phi) is 62.5. The summed E-state index contributed by atoms with van der Waals surface area (Å²) in [5.74, 6) is -0.201. The Morgan fingerprint density at radius 3 is 1.05 bits per heavy atom. The van der Waals surface area contributed by atoms with Crippen molar-refractivity contribution in [3.8, 4) is 0 Å². The van der Waals surface area contributed by atoms with Gasteiger partial charge in [-0.05, 0) is 51.4 Å². The van der Waals surface area contributed by atoms with E-state index in [0.29, 0.717) is 12.8 Å². The predicted molar refractivity (Wildman–Crippen MR) is 397 cm³/mol. The van der Waals surface area contributed by atoms with Crippen molar-refractivity contribution < 1.29 is 64.6 Å². The Labute approximate surface area is 589 Å². The molecule has 566 valence electrons. The van der Waals surface area contributed by atoms with E-state index in [4.69, 9.17) is 18.9 Å². The van der Waals surface area contributed by atoms with Crippen molar-refractivity contribution in [3.05, 3.63) is 36.5 Å². The third-order valence-electron chi connectivity index (χ3n) is 20.4. The van der Waals surface area contributed by atoms with E-state index in [1.807, 2.05) is 0 Å². The Bertz CT molecular complexity index is 1750. The van der Waals surface area contributed by atoms with Gasteiger partial charge in [0.05, 0.1) is 32.0 Å². The number of carbonyl (C=O) groups is 1. The standard InChI is InChI=1S/C82H155NO13/c1-3-5-7-9-11-13-15-17-19-21-23-25-27-29-31-33-34-35-36-38-39-41-43-45-47-49-51-53-55-57-59-61-63-65-71(86)70(69-93-81-79(92)77(90)80(73(68-85)95-81)96-82-78(91)76(89)75(88)72(67-84)94-82)83-74(87)66-64-62-60-58-56-54-52-50-48-46-44-42-40-37-32-30-28-26-24-22-20-18-16-14-12-10-8-6-4-2/h16,18,22,24,28,30,70-73,75-82,84-86,88-92H,3-15,17,19-21,23,25-27,29,31-69H2,1-2H3,(H,83,87)/b18-16-,24-22-,30-28-. The quantitative estimate of drug-likeness (QED) is 0.0204. The Morgan fingerprint density at radius 1 is 0.375 bits per heavy atom. The first-order valence-electron chi connectivity index (χ1n) is 41.2. The van der Waals surface area contributed by atoms with Crippen molar-refractivity contribution in [2.24, 2.45) is 0 Å². The van der Waals surface area contributed by atoms with Crippen molar-refractivity contribution in [1.82, 2.24) is 5.32 Å². The summed E-state index contributed by atoms with van der Waals surface area (Å²) in [6.07, 6.45) is 70.5. The summed E-state index contributed by atoms with van der Waals surface area (Å²) in [5.41, 5.74) is 0. The number of allylic oxidation sites excluding steroid dienone is 6. The maximum absolute atomic E-state index is 13.4. The molecule has 2 fully saturated rings. The molecule has 9 N–H and O–H groups in total. The third-order valence-corrected chi connectivity index (χ3v) is 20.4. The predicted octanol–water partition coefficient (Wildman–Crippen LogP) is 18.8. The zero-order valence-corrected chi connectivity index (χ0v) is 62.1. The van der Waals surface area contributed by atoms with Crippen molar-refractivity contribution in [3.63, 3.8) is 0 Å². The zero-order valence-electron chi connectivity index (χ0n) is 62.1. The normalized spacial score (nSPS) is 22.4. The van der Waals surface area contributed by atoms with Gasteiger partial charge in [0, 0.05) is 6.42 Å². The van der Waals surface area contributed by atoms with Crippen LogP contribution in [0.3, 0.4) is 0 Å². The van der Waals surface area contributed by atoms with Gasteiger partial charge in [0.15, 0.2) is 12.6 Å². The van der Waals surface area contributed by atoms with Crippen LogP contribution in [0.1, 0.15) is 386 Å². The molecule has 2 heterocycles. The van der Waals surface area contributed by atoms with Crippen LogP contribution in [-0.2, 0) is 23.7 Å². The second-order valence-corrected chi connectivity index (χ2v) is 29.3. The second kappa shape index (κ2) is 66.4. The number of aliphatic hydroxyl groups is 8. The molecule has 12 unspecified atom stereocenters. The number of rotatable bonds is 70. The molecule has 96 heavy (non-hydrogen) atoms. The highest BCUT2D eigenvalue weighted by Crippen LogP contribution is 2.30. The molecule has 2 aliphatic heterocycles. The largest absolute Gasteiger partial charge is 0.394 e. The molecule has 0 aromatic carbocycles. The lowest BCUT2D eigenvalue weighted by molar-refractivity contribution is -0.359. The molecule has 12 atom stereocenters. The minimum atomic E-state index is -1.78. The molecular formula is C82H155NO13. The van der Waals surface area contributed by atoms with Gasteiger partial charge < -0.3 is 65.1 Å². The molecule has 0 bridgehead atoms. The van der Waals surface area contributed by atoms with Crippen LogP contribution in [0, 0.1) is 0 Å². The fraction of sp³-hybridized carbons (Fsp3) is 0.915. The van der Waals surface area contributed by atoms with E-state index in [9.17, 15) is 45.6 Å². The number of hydrogen-bond acceptors (Lipinski definition) is 13. The van der Waals surface area contributed by atoms with Gasteiger partial charge in [0.1, 0.15) is 48.8 Å². The van der Waals surface area contributed by atoms with E-state index in [-0.39, 0.29) is 12.5 Å². The number of ether oxygens (including phenoxy) is 4. The maximum Gasteiger partial charge on any atom is 0.220 e. The Balaban J connectivity index is 1.60. The first kappa shape index (κ1) is 90.3. The van der Waals surface area contributed by atoms with E-state index in [0.717, 1.165) is 64.2 Å². The zero-order chi connectivity index (χ0) is 69.4. The van der Waals surface area contributed by atoms with Gasteiger partial charge in [0.25, 0.3) is 0 Å². The molecule has 14 heteroatoms. The molecule has 0 aromatic rings. The molecule has 14 nitrogen and oxygen atoms in total. The van der Waals surface area contributed by atoms with E-state index >= 15 is 0 Å². The average Bonchev–Trinajstić information content (AvgIpc) is 0.854. The average molecular weight is 1360 g/mol. The highest BCUT2D eigenvalue weighted by Gasteiger charge is 2.51. The van der Waals surface area contributed by atoms with E-state index in [1.165, 1.54) is 295 Å². The number of unbranched alkanes of at least 4 members (excludes halogenated alkanes) is 51. The fourth-order valence-electron chi connectivity index (χ4n) is 13.8. The van der Waals surface area contributed by atoms with Gasteiger partial charge in [-0.25, -0.2) is 0 Å². The molecule has 0 radical (unpaired) electrons. The SMILES string of the molecule is CCCCCCC/C=C\C/C=C\C/C=C\CCCCCCCCCCCCCCCCC(=O)NC(COC1OC(CO)C(OC2OC(CO)C(O)C(O)C2O)C(O)C1O)C(O)CCCCCCCCCCCCCCCCCCCCCCCCCCCCCCCCCCC. The van der Waals surface area contributed by atoms with E-state index < -0.39 is 86.8 Å². The molecule has 2 saturated heterocycles. The van der Waals surface area contributed by atoms with Gasteiger partial charge >= 0.3 is 0 Å². The highest BCUT2D eigenvalue weighted by molar-refractivity contribution is 5.76. The highest BCUT2D eigenvalue weighted by atomic mass is 16.7. The molecule has 0 aliphatic carbocycles. The van der Waals surface area contributed by atoms with Gasteiger partial charge in [-0.2, -0.15) is 0 Å².